The minimum atomic E-state index is -0.377. The predicted octanol–water partition coefficient (Wildman–Crippen LogP) is 4.01. The Morgan fingerprint density at radius 3 is 2.96 bits per heavy atom. The van der Waals surface area contributed by atoms with E-state index < -0.39 is 0 Å². The van der Waals surface area contributed by atoms with Gasteiger partial charge in [0.15, 0.2) is 16.1 Å². The average Bonchev–Trinajstić information content (AvgIpc) is 3.26. The Kier molecular flexibility index (Phi) is 5.94. The first-order valence-electron chi connectivity index (χ1n) is 7.78. The lowest BCUT2D eigenvalue weighted by Gasteiger charge is -2.12. The van der Waals surface area contributed by atoms with Gasteiger partial charge in [-0.25, -0.2) is 4.98 Å². The Morgan fingerprint density at radius 1 is 1.46 bits per heavy atom. The van der Waals surface area contributed by atoms with Crippen LogP contribution in [0.25, 0.3) is 11.4 Å². The molecule has 0 spiro atoms. The van der Waals surface area contributed by atoms with Crippen LogP contribution in [0.4, 0.5) is 5.13 Å². The van der Waals surface area contributed by atoms with Crippen LogP contribution in [0, 0.1) is 0 Å². The number of aromatic nitrogens is 4. The highest BCUT2D eigenvalue weighted by Crippen LogP contribution is 2.33. The quantitative estimate of drug-likeness (QED) is 0.547. The van der Waals surface area contributed by atoms with Crippen molar-refractivity contribution in [2.24, 2.45) is 0 Å². The van der Waals surface area contributed by atoms with Crippen molar-refractivity contribution in [1.29, 1.82) is 0 Å². The van der Waals surface area contributed by atoms with Crippen molar-refractivity contribution in [2.75, 3.05) is 5.32 Å². The second kappa shape index (κ2) is 8.19. The van der Waals surface area contributed by atoms with Gasteiger partial charge in [0.05, 0.1) is 10.8 Å². The molecule has 0 saturated carbocycles. The van der Waals surface area contributed by atoms with Crippen LogP contribution in [0.2, 0.25) is 0 Å². The third kappa shape index (κ3) is 4.08. The molecule has 26 heavy (non-hydrogen) atoms. The molecule has 0 fully saturated rings. The van der Waals surface area contributed by atoms with Crippen LogP contribution in [-0.4, -0.2) is 36.0 Å². The zero-order valence-corrected chi connectivity index (χ0v) is 17.2. The van der Waals surface area contributed by atoms with Crippen LogP contribution in [0.5, 0.6) is 5.75 Å². The second-order valence-electron chi connectivity index (χ2n) is 5.30. The maximum absolute atomic E-state index is 12.3. The van der Waals surface area contributed by atoms with E-state index in [4.69, 9.17) is 0 Å². The van der Waals surface area contributed by atoms with Crippen LogP contribution >= 0.6 is 39.0 Å². The number of amides is 1. The lowest BCUT2D eigenvalue weighted by molar-refractivity contribution is -0.115. The predicted molar refractivity (Wildman–Crippen MR) is 107 cm³/mol. The van der Waals surface area contributed by atoms with Crippen LogP contribution < -0.4 is 5.32 Å². The minimum absolute atomic E-state index is 0.126. The highest BCUT2D eigenvalue weighted by molar-refractivity contribution is 9.10. The van der Waals surface area contributed by atoms with E-state index in [-0.39, 0.29) is 16.9 Å². The third-order valence-electron chi connectivity index (χ3n) is 3.55. The Labute approximate surface area is 167 Å². The number of carbonyl (C=O) groups is 1. The van der Waals surface area contributed by atoms with Crippen molar-refractivity contribution in [3.05, 3.63) is 34.2 Å². The first kappa shape index (κ1) is 18.9. The molecular weight excluding hydrogens is 438 g/mol. The number of phenolic OH excluding ortho intramolecular Hbond substituents is 1. The van der Waals surface area contributed by atoms with E-state index >= 15 is 0 Å². The zero-order valence-electron chi connectivity index (χ0n) is 14.0. The molecule has 3 aromatic rings. The molecule has 2 aromatic heterocycles. The Morgan fingerprint density at radius 2 is 2.27 bits per heavy atom. The first-order valence-corrected chi connectivity index (χ1v) is 10.3. The van der Waals surface area contributed by atoms with Gasteiger partial charge in [-0.2, -0.15) is 0 Å². The average molecular weight is 454 g/mol. The molecule has 0 radical (unpaired) electrons. The minimum Gasteiger partial charge on any atom is -0.507 e. The normalized spacial score (nSPS) is 12.1. The summed E-state index contributed by atoms with van der Waals surface area (Å²) < 4.78 is 2.71. The van der Waals surface area contributed by atoms with E-state index in [1.807, 2.05) is 11.5 Å². The summed E-state index contributed by atoms with van der Waals surface area (Å²) in [4.78, 5) is 16.4. The Balaban J connectivity index is 1.82. The highest BCUT2D eigenvalue weighted by Gasteiger charge is 2.22. The summed E-state index contributed by atoms with van der Waals surface area (Å²) in [6, 6.07) is 5.15. The second-order valence-corrected chi connectivity index (χ2v) is 8.42. The molecular formula is C16H16BrN5O2S2. The molecule has 7 nitrogen and oxygen atoms in total. The number of halogens is 1. The lowest BCUT2D eigenvalue weighted by Crippen LogP contribution is -2.22. The molecule has 0 aliphatic carbocycles. The van der Waals surface area contributed by atoms with E-state index in [0.717, 1.165) is 4.47 Å². The lowest BCUT2D eigenvalue weighted by atomic mass is 10.2. The molecule has 136 valence electrons. The number of hydrogen-bond donors (Lipinski definition) is 2. The summed E-state index contributed by atoms with van der Waals surface area (Å²) in [7, 11) is 0. The van der Waals surface area contributed by atoms with Crippen molar-refractivity contribution in [3.8, 4) is 17.1 Å². The fourth-order valence-electron chi connectivity index (χ4n) is 2.25. The highest BCUT2D eigenvalue weighted by atomic mass is 79.9. The number of carbonyl (C=O) groups excluding carboxylic acids is 1. The molecule has 1 aromatic carbocycles. The number of nitrogens with one attached hydrogen (secondary N) is 1. The first-order chi connectivity index (χ1) is 12.5. The van der Waals surface area contributed by atoms with Crippen LogP contribution in [-0.2, 0) is 11.3 Å². The van der Waals surface area contributed by atoms with Gasteiger partial charge >= 0.3 is 0 Å². The zero-order chi connectivity index (χ0) is 18.7. The topological polar surface area (TPSA) is 92.9 Å². The number of aromatic hydroxyl groups is 1. The van der Waals surface area contributed by atoms with Gasteiger partial charge in [-0.05, 0) is 32.0 Å². The molecule has 0 bridgehead atoms. The maximum Gasteiger partial charge on any atom is 0.239 e. The van der Waals surface area contributed by atoms with Gasteiger partial charge in [0.2, 0.25) is 5.91 Å². The summed E-state index contributed by atoms with van der Waals surface area (Å²) in [5, 5.41) is 24.0. The van der Waals surface area contributed by atoms with E-state index in [9.17, 15) is 9.90 Å². The van der Waals surface area contributed by atoms with Crippen LogP contribution in [0.15, 0.2) is 39.4 Å². The SMILES string of the molecule is CCn1c(S[C@H](C)C(=O)Nc2nccs2)nnc1-c1cc(Br)ccc1O. The van der Waals surface area contributed by atoms with Gasteiger partial charge in [-0.1, -0.05) is 27.7 Å². The van der Waals surface area contributed by atoms with Crippen molar-refractivity contribution in [1.82, 2.24) is 19.7 Å². The number of hydrogen-bond acceptors (Lipinski definition) is 7. The summed E-state index contributed by atoms with van der Waals surface area (Å²) in [6.45, 7) is 4.38. The number of rotatable bonds is 6. The van der Waals surface area contributed by atoms with Crippen molar-refractivity contribution in [3.63, 3.8) is 0 Å². The van der Waals surface area contributed by atoms with Gasteiger partial charge in [0.1, 0.15) is 5.75 Å². The van der Waals surface area contributed by atoms with E-state index in [1.165, 1.54) is 23.1 Å². The smallest absolute Gasteiger partial charge is 0.239 e. The molecule has 0 unspecified atom stereocenters. The molecule has 0 aliphatic rings. The van der Waals surface area contributed by atoms with Gasteiger partial charge in [-0.3, -0.25) is 4.79 Å². The number of thioether (sulfide) groups is 1. The molecule has 2 N–H and O–H groups in total. The number of phenols is 1. The Bertz CT molecular complexity index is 914. The van der Waals surface area contributed by atoms with Crippen molar-refractivity contribution < 1.29 is 9.90 Å². The van der Waals surface area contributed by atoms with Crippen LogP contribution in [0.3, 0.4) is 0 Å². The monoisotopic (exact) mass is 453 g/mol. The number of thiazole rings is 1. The molecule has 0 saturated heterocycles. The molecule has 0 aliphatic heterocycles. The molecule has 1 amide bonds. The molecule has 10 heteroatoms. The number of benzene rings is 1. The van der Waals surface area contributed by atoms with Crippen molar-refractivity contribution in [2.45, 2.75) is 30.8 Å². The summed E-state index contributed by atoms with van der Waals surface area (Å²) in [5.74, 6) is 0.533. The maximum atomic E-state index is 12.3. The largest absolute Gasteiger partial charge is 0.507 e. The number of anilines is 1. The van der Waals surface area contributed by atoms with E-state index in [0.29, 0.717) is 28.2 Å². The van der Waals surface area contributed by atoms with Crippen molar-refractivity contribution >= 4 is 50.1 Å². The summed E-state index contributed by atoms with van der Waals surface area (Å²) in [5.41, 5.74) is 0.584. The van der Waals surface area contributed by atoms with E-state index in [2.05, 4.69) is 36.4 Å². The number of nitrogens with zero attached hydrogens (tertiary/aromatic N) is 4. The van der Waals surface area contributed by atoms with Crippen LogP contribution in [0.1, 0.15) is 13.8 Å². The van der Waals surface area contributed by atoms with E-state index in [1.54, 1.807) is 36.7 Å². The molecule has 2 heterocycles. The molecule has 3 rings (SSSR count). The Hall–Kier alpha value is -1.91. The summed E-state index contributed by atoms with van der Waals surface area (Å²) >= 11 is 6.08. The third-order valence-corrected chi connectivity index (χ3v) is 5.81. The van der Waals surface area contributed by atoms with Gasteiger partial charge < -0.3 is 15.0 Å². The standard InChI is InChI=1S/C16H16BrN5O2S2/c1-3-22-13(11-8-10(17)4-5-12(11)23)20-21-16(22)26-9(2)14(24)19-15-18-6-7-25-15/h4-9,23H,3H2,1-2H3,(H,18,19,24)/t9-/m1/s1. The van der Waals surface area contributed by atoms with Gasteiger partial charge in [0, 0.05) is 22.6 Å². The van der Waals surface area contributed by atoms with Gasteiger partial charge in [0.25, 0.3) is 0 Å². The molecule has 1 atom stereocenters. The fourth-order valence-corrected chi connectivity index (χ4v) is 4.06. The fraction of sp³-hybridized carbons (Fsp3) is 0.250. The summed E-state index contributed by atoms with van der Waals surface area (Å²) in [6.07, 6.45) is 1.64. The van der Waals surface area contributed by atoms with Gasteiger partial charge in [-0.15, -0.1) is 21.5 Å².